The summed E-state index contributed by atoms with van der Waals surface area (Å²) in [5, 5.41) is 2.95. The molecule has 0 atom stereocenters. The van der Waals surface area contributed by atoms with E-state index in [9.17, 15) is 4.79 Å². The van der Waals surface area contributed by atoms with Gasteiger partial charge in [-0.05, 0) is 38.8 Å². The first-order valence-corrected chi connectivity index (χ1v) is 6.42. The van der Waals surface area contributed by atoms with Gasteiger partial charge in [0.1, 0.15) is 0 Å². The van der Waals surface area contributed by atoms with Gasteiger partial charge in [-0.2, -0.15) is 0 Å². The summed E-state index contributed by atoms with van der Waals surface area (Å²) >= 11 is 0. The van der Waals surface area contributed by atoms with Gasteiger partial charge in [0.25, 0.3) is 0 Å². The lowest BCUT2D eigenvalue weighted by atomic mass is 9.93. The van der Waals surface area contributed by atoms with Gasteiger partial charge in [-0.3, -0.25) is 4.79 Å². The first-order chi connectivity index (χ1) is 7.62. The Morgan fingerprint density at radius 3 is 2.38 bits per heavy atom. The molecule has 1 heterocycles. The van der Waals surface area contributed by atoms with E-state index in [1.165, 1.54) is 25.9 Å². The monoisotopic (exact) mass is 227 g/mol. The van der Waals surface area contributed by atoms with Crippen LogP contribution in [0.4, 0.5) is 0 Å². The second-order valence-electron chi connectivity index (χ2n) is 4.67. The summed E-state index contributed by atoms with van der Waals surface area (Å²) in [4.78, 5) is 14.2. The molecule has 0 aromatic carbocycles. The van der Waals surface area contributed by atoms with Gasteiger partial charge in [0.15, 0.2) is 0 Å². The normalized spacial score (nSPS) is 17.7. The van der Waals surface area contributed by atoms with Crippen LogP contribution in [0.15, 0.2) is 0 Å². The van der Waals surface area contributed by atoms with E-state index in [0.717, 1.165) is 13.1 Å². The molecule has 4 heteroatoms. The number of nitrogens with zero attached hydrogens (tertiary/aromatic N) is 1. The number of amides is 1. The molecule has 94 valence electrons. The lowest BCUT2D eigenvalue weighted by molar-refractivity contribution is -0.126. The molecule has 0 unspecified atom stereocenters. The van der Waals surface area contributed by atoms with E-state index in [1.54, 1.807) is 0 Å². The van der Waals surface area contributed by atoms with Gasteiger partial charge in [-0.1, -0.05) is 13.8 Å². The van der Waals surface area contributed by atoms with Gasteiger partial charge in [-0.25, -0.2) is 0 Å². The molecule has 16 heavy (non-hydrogen) atoms. The zero-order valence-corrected chi connectivity index (χ0v) is 10.6. The minimum atomic E-state index is -0.676. The Kier molecular flexibility index (Phi) is 5.22. The number of hydrogen-bond donors (Lipinski definition) is 2. The standard InChI is InChI=1S/C12H25N3O/c1-3-12(13,4-2)11(16)14-7-10-15-8-5-6-9-15/h3-10,13H2,1-2H3,(H,14,16). The Balaban J connectivity index is 2.23. The topological polar surface area (TPSA) is 58.4 Å². The van der Waals surface area contributed by atoms with Gasteiger partial charge in [0.05, 0.1) is 5.54 Å². The van der Waals surface area contributed by atoms with Crippen molar-refractivity contribution in [2.24, 2.45) is 5.73 Å². The van der Waals surface area contributed by atoms with E-state index in [2.05, 4.69) is 10.2 Å². The summed E-state index contributed by atoms with van der Waals surface area (Å²) < 4.78 is 0. The van der Waals surface area contributed by atoms with Crippen LogP contribution >= 0.6 is 0 Å². The molecular formula is C12H25N3O. The highest BCUT2D eigenvalue weighted by Gasteiger charge is 2.29. The molecule has 0 bridgehead atoms. The molecule has 0 aliphatic carbocycles. The zero-order chi connectivity index (χ0) is 12.0. The Bertz CT molecular complexity index is 220. The average Bonchev–Trinajstić information content (AvgIpc) is 2.80. The smallest absolute Gasteiger partial charge is 0.240 e. The Hall–Kier alpha value is -0.610. The largest absolute Gasteiger partial charge is 0.353 e. The number of nitrogens with two attached hydrogens (primary N) is 1. The molecule has 0 aromatic heterocycles. The van der Waals surface area contributed by atoms with Crippen LogP contribution in [0.5, 0.6) is 0 Å². The van der Waals surface area contributed by atoms with Crippen LogP contribution in [-0.2, 0) is 4.79 Å². The quantitative estimate of drug-likeness (QED) is 0.703. The highest BCUT2D eigenvalue weighted by Crippen LogP contribution is 2.11. The van der Waals surface area contributed by atoms with E-state index in [-0.39, 0.29) is 5.91 Å². The number of hydrogen-bond acceptors (Lipinski definition) is 3. The van der Waals surface area contributed by atoms with Crippen LogP contribution < -0.4 is 11.1 Å². The van der Waals surface area contributed by atoms with Gasteiger partial charge < -0.3 is 16.0 Å². The van der Waals surface area contributed by atoms with E-state index in [4.69, 9.17) is 5.73 Å². The maximum atomic E-state index is 11.8. The molecule has 0 saturated carbocycles. The first-order valence-electron chi connectivity index (χ1n) is 6.42. The van der Waals surface area contributed by atoms with Crippen molar-refractivity contribution in [3.05, 3.63) is 0 Å². The van der Waals surface area contributed by atoms with Gasteiger partial charge in [-0.15, -0.1) is 0 Å². The van der Waals surface area contributed by atoms with E-state index < -0.39 is 5.54 Å². The number of carbonyl (C=O) groups excluding carboxylic acids is 1. The fraction of sp³-hybridized carbons (Fsp3) is 0.917. The third-order valence-electron chi connectivity index (χ3n) is 3.63. The molecule has 1 aliphatic heterocycles. The maximum absolute atomic E-state index is 11.8. The number of nitrogens with one attached hydrogen (secondary N) is 1. The molecule has 3 N–H and O–H groups in total. The lowest BCUT2D eigenvalue weighted by Crippen LogP contribution is -2.54. The molecular weight excluding hydrogens is 202 g/mol. The minimum absolute atomic E-state index is 0.00306. The third-order valence-corrected chi connectivity index (χ3v) is 3.63. The lowest BCUT2D eigenvalue weighted by Gasteiger charge is -2.25. The molecule has 1 aliphatic rings. The Morgan fingerprint density at radius 2 is 1.88 bits per heavy atom. The molecule has 1 rings (SSSR count). The fourth-order valence-electron chi connectivity index (χ4n) is 2.08. The van der Waals surface area contributed by atoms with Gasteiger partial charge in [0, 0.05) is 13.1 Å². The summed E-state index contributed by atoms with van der Waals surface area (Å²) in [6, 6.07) is 0. The molecule has 1 saturated heterocycles. The van der Waals surface area contributed by atoms with Crippen LogP contribution in [0.3, 0.4) is 0 Å². The van der Waals surface area contributed by atoms with Crippen LogP contribution in [0.25, 0.3) is 0 Å². The second kappa shape index (κ2) is 6.21. The van der Waals surface area contributed by atoms with Gasteiger partial charge >= 0.3 is 0 Å². The summed E-state index contributed by atoms with van der Waals surface area (Å²) in [6.45, 7) is 7.94. The van der Waals surface area contributed by atoms with Crippen molar-refractivity contribution >= 4 is 5.91 Å². The number of rotatable bonds is 6. The highest BCUT2D eigenvalue weighted by atomic mass is 16.2. The van der Waals surface area contributed by atoms with Crippen molar-refractivity contribution in [3.8, 4) is 0 Å². The Labute approximate surface area is 98.6 Å². The molecule has 1 amide bonds. The average molecular weight is 227 g/mol. The van der Waals surface area contributed by atoms with Crippen molar-refractivity contribution < 1.29 is 4.79 Å². The number of carbonyl (C=O) groups is 1. The van der Waals surface area contributed by atoms with Crippen molar-refractivity contribution in [1.82, 2.24) is 10.2 Å². The SMILES string of the molecule is CCC(N)(CC)C(=O)NCCN1CCCC1. The predicted molar refractivity (Wildman–Crippen MR) is 66.2 cm³/mol. The molecule has 0 radical (unpaired) electrons. The third kappa shape index (κ3) is 3.46. The summed E-state index contributed by atoms with van der Waals surface area (Å²) in [6.07, 6.45) is 3.97. The molecule has 0 aromatic rings. The Morgan fingerprint density at radius 1 is 1.31 bits per heavy atom. The summed E-state index contributed by atoms with van der Waals surface area (Å²) in [7, 11) is 0. The number of likely N-dealkylation sites (tertiary alicyclic amines) is 1. The van der Waals surface area contributed by atoms with Crippen LogP contribution in [-0.4, -0.2) is 42.5 Å². The van der Waals surface area contributed by atoms with E-state index >= 15 is 0 Å². The first kappa shape index (κ1) is 13.5. The van der Waals surface area contributed by atoms with E-state index in [0.29, 0.717) is 12.8 Å². The van der Waals surface area contributed by atoms with Crippen LogP contribution in [0.2, 0.25) is 0 Å². The van der Waals surface area contributed by atoms with Crippen molar-refractivity contribution in [1.29, 1.82) is 0 Å². The maximum Gasteiger partial charge on any atom is 0.240 e. The minimum Gasteiger partial charge on any atom is -0.353 e. The summed E-state index contributed by atoms with van der Waals surface area (Å²) in [5.74, 6) is -0.00306. The second-order valence-corrected chi connectivity index (χ2v) is 4.67. The highest BCUT2D eigenvalue weighted by molar-refractivity contribution is 5.85. The van der Waals surface area contributed by atoms with E-state index in [1.807, 2.05) is 13.8 Å². The molecule has 4 nitrogen and oxygen atoms in total. The van der Waals surface area contributed by atoms with Crippen molar-refractivity contribution in [3.63, 3.8) is 0 Å². The summed E-state index contributed by atoms with van der Waals surface area (Å²) in [5.41, 5.74) is 5.33. The molecule has 0 spiro atoms. The van der Waals surface area contributed by atoms with Crippen LogP contribution in [0.1, 0.15) is 39.5 Å². The van der Waals surface area contributed by atoms with Crippen molar-refractivity contribution in [2.75, 3.05) is 26.2 Å². The fourth-order valence-corrected chi connectivity index (χ4v) is 2.08. The van der Waals surface area contributed by atoms with Crippen LogP contribution in [0, 0.1) is 0 Å². The van der Waals surface area contributed by atoms with Crippen molar-refractivity contribution in [2.45, 2.75) is 45.1 Å². The zero-order valence-electron chi connectivity index (χ0n) is 10.6. The predicted octanol–water partition coefficient (Wildman–Crippen LogP) is 0.716. The van der Waals surface area contributed by atoms with Gasteiger partial charge in [0.2, 0.25) is 5.91 Å². The molecule has 1 fully saturated rings.